The Labute approximate surface area is 166 Å². The number of rotatable bonds is 7. The average molecular weight is 374 g/mol. The lowest BCUT2D eigenvalue weighted by atomic mass is 10.0. The molecule has 1 N–H and O–H groups in total. The first-order chi connectivity index (χ1) is 13.8. The molecule has 0 aliphatic carbocycles. The second kappa shape index (κ2) is 8.89. The Bertz CT molecular complexity index is 867. The Morgan fingerprint density at radius 2 is 1.64 bits per heavy atom. The summed E-state index contributed by atoms with van der Waals surface area (Å²) in [7, 11) is 0. The average Bonchev–Trinajstić information content (AvgIpc) is 3.44. The van der Waals surface area contributed by atoms with Crippen LogP contribution in [0.25, 0.3) is 11.1 Å². The second-order valence-electron chi connectivity index (χ2n) is 7.32. The molecule has 28 heavy (non-hydrogen) atoms. The van der Waals surface area contributed by atoms with E-state index < -0.39 is 0 Å². The molecule has 1 aromatic heterocycles. The predicted molar refractivity (Wildman–Crippen MR) is 111 cm³/mol. The van der Waals surface area contributed by atoms with Crippen molar-refractivity contribution in [2.75, 3.05) is 19.6 Å². The van der Waals surface area contributed by atoms with E-state index in [0.29, 0.717) is 13.0 Å². The van der Waals surface area contributed by atoms with Gasteiger partial charge in [-0.05, 0) is 54.8 Å². The van der Waals surface area contributed by atoms with Crippen LogP contribution in [0.15, 0.2) is 77.4 Å². The van der Waals surface area contributed by atoms with Crippen LogP contribution in [0.5, 0.6) is 0 Å². The minimum atomic E-state index is 0.0446. The molecule has 1 amide bonds. The molecule has 2 heterocycles. The van der Waals surface area contributed by atoms with Crippen LogP contribution in [0.4, 0.5) is 0 Å². The summed E-state index contributed by atoms with van der Waals surface area (Å²) >= 11 is 0. The maximum absolute atomic E-state index is 12.5. The summed E-state index contributed by atoms with van der Waals surface area (Å²) in [5, 5.41) is 3.10. The van der Waals surface area contributed by atoms with Crippen molar-refractivity contribution < 1.29 is 9.21 Å². The summed E-state index contributed by atoms with van der Waals surface area (Å²) in [6.45, 7) is 2.69. The fraction of sp³-hybridized carbons (Fsp3) is 0.292. The van der Waals surface area contributed by atoms with Crippen molar-refractivity contribution in [3.8, 4) is 11.1 Å². The van der Waals surface area contributed by atoms with Gasteiger partial charge in [-0.15, -0.1) is 0 Å². The van der Waals surface area contributed by atoms with Crippen molar-refractivity contribution in [1.82, 2.24) is 10.2 Å². The Kier molecular flexibility index (Phi) is 5.88. The van der Waals surface area contributed by atoms with Gasteiger partial charge in [-0.3, -0.25) is 9.69 Å². The number of furan rings is 1. The van der Waals surface area contributed by atoms with Crippen molar-refractivity contribution in [3.05, 3.63) is 84.3 Å². The van der Waals surface area contributed by atoms with Gasteiger partial charge in [0.2, 0.25) is 5.91 Å². The van der Waals surface area contributed by atoms with Crippen LogP contribution in [-0.2, 0) is 11.2 Å². The first-order valence-electron chi connectivity index (χ1n) is 9.98. The maximum atomic E-state index is 12.5. The first kappa shape index (κ1) is 18.5. The monoisotopic (exact) mass is 374 g/mol. The summed E-state index contributed by atoms with van der Waals surface area (Å²) < 4.78 is 5.62. The number of hydrogen-bond donors (Lipinski definition) is 1. The standard InChI is InChI=1S/C24H26N2O2/c27-24(17-19-10-12-21(13-11-19)20-7-2-1-3-8-20)25-18-22(23-9-6-16-28-23)26-14-4-5-15-26/h1-3,6-13,16,22H,4-5,14-15,17-18H2,(H,25,27)/t22-/m1/s1. The minimum absolute atomic E-state index is 0.0446. The van der Waals surface area contributed by atoms with Gasteiger partial charge in [-0.2, -0.15) is 0 Å². The Morgan fingerprint density at radius 1 is 0.929 bits per heavy atom. The molecule has 0 bridgehead atoms. The van der Waals surface area contributed by atoms with Gasteiger partial charge >= 0.3 is 0 Å². The largest absolute Gasteiger partial charge is 0.468 e. The van der Waals surface area contributed by atoms with Gasteiger partial charge in [-0.25, -0.2) is 0 Å². The van der Waals surface area contributed by atoms with Gasteiger partial charge in [0.15, 0.2) is 0 Å². The van der Waals surface area contributed by atoms with E-state index >= 15 is 0 Å². The predicted octanol–water partition coefficient (Wildman–Crippen LogP) is 4.44. The third kappa shape index (κ3) is 4.52. The molecular weight excluding hydrogens is 348 g/mol. The number of carbonyl (C=O) groups excluding carboxylic acids is 1. The fourth-order valence-corrected chi connectivity index (χ4v) is 3.85. The van der Waals surface area contributed by atoms with E-state index in [2.05, 4.69) is 34.5 Å². The molecule has 3 aromatic rings. The molecule has 144 valence electrons. The maximum Gasteiger partial charge on any atom is 0.224 e. The van der Waals surface area contributed by atoms with E-state index in [0.717, 1.165) is 30.0 Å². The zero-order valence-corrected chi connectivity index (χ0v) is 16.0. The van der Waals surface area contributed by atoms with Crippen molar-refractivity contribution in [2.45, 2.75) is 25.3 Å². The number of likely N-dealkylation sites (tertiary alicyclic amines) is 1. The van der Waals surface area contributed by atoms with Crippen molar-refractivity contribution in [3.63, 3.8) is 0 Å². The van der Waals surface area contributed by atoms with Crippen LogP contribution in [0, 0.1) is 0 Å². The summed E-state index contributed by atoms with van der Waals surface area (Å²) in [6.07, 6.45) is 4.51. The minimum Gasteiger partial charge on any atom is -0.468 e. The van der Waals surface area contributed by atoms with E-state index in [9.17, 15) is 4.79 Å². The van der Waals surface area contributed by atoms with E-state index in [4.69, 9.17) is 4.42 Å². The van der Waals surface area contributed by atoms with E-state index in [1.54, 1.807) is 6.26 Å². The number of benzene rings is 2. The molecule has 1 aliphatic rings. The number of carbonyl (C=O) groups is 1. The molecule has 0 spiro atoms. The smallest absolute Gasteiger partial charge is 0.224 e. The Balaban J connectivity index is 1.34. The Morgan fingerprint density at radius 3 is 2.32 bits per heavy atom. The number of hydrogen-bond acceptors (Lipinski definition) is 3. The fourth-order valence-electron chi connectivity index (χ4n) is 3.85. The normalized spacial score (nSPS) is 15.4. The van der Waals surface area contributed by atoms with Gasteiger partial charge in [0.05, 0.1) is 18.7 Å². The molecular formula is C24H26N2O2. The van der Waals surface area contributed by atoms with Crippen LogP contribution in [0.1, 0.15) is 30.2 Å². The summed E-state index contributed by atoms with van der Waals surface area (Å²) in [6, 6.07) is 22.5. The van der Waals surface area contributed by atoms with E-state index in [-0.39, 0.29) is 11.9 Å². The third-order valence-electron chi connectivity index (χ3n) is 5.37. The molecule has 1 fully saturated rings. The molecule has 0 saturated carbocycles. The lowest BCUT2D eigenvalue weighted by molar-refractivity contribution is -0.120. The van der Waals surface area contributed by atoms with Crippen LogP contribution in [0.2, 0.25) is 0 Å². The van der Waals surface area contributed by atoms with Crippen LogP contribution < -0.4 is 5.32 Å². The summed E-state index contributed by atoms with van der Waals surface area (Å²) in [5.41, 5.74) is 3.37. The quantitative estimate of drug-likeness (QED) is 0.665. The molecule has 4 rings (SSSR count). The molecule has 1 atom stereocenters. The van der Waals surface area contributed by atoms with Gasteiger partial charge < -0.3 is 9.73 Å². The highest BCUT2D eigenvalue weighted by Gasteiger charge is 2.25. The number of amides is 1. The molecule has 1 aliphatic heterocycles. The van der Waals surface area contributed by atoms with Gasteiger partial charge in [0.25, 0.3) is 0 Å². The molecule has 0 unspecified atom stereocenters. The van der Waals surface area contributed by atoms with Gasteiger partial charge in [0.1, 0.15) is 5.76 Å². The van der Waals surface area contributed by atoms with Crippen molar-refractivity contribution >= 4 is 5.91 Å². The topological polar surface area (TPSA) is 45.5 Å². The number of nitrogens with zero attached hydrogens (tertiary/aromatic N) is 1. The second-order valence-corrected chi connectivity index (χ2v) is 7.32. The Hall–Kier alpha value is -2.85. The molecule has 4 nitrogen and oxygen atoms in total. The highest BCUT2D eigenvalue weighted by molar-refractivity contribution is 5.79. The zero-order valence-electron chi connectivity index (χ0n) is 16.0. The van der Waals surface area contributed by atoms with Gasteiger partial charge in [0, 0.05) is 6.54 Å². The van der Waals surface area contributed by atoms with Crippen LogP contribution in [0.3, 0.4) is 0 Å². The van der Waals surface area contributed by atoms with Crippen LogP contribution >= 0.6 is 0 Å². The van der Waals surface area contributed by atoms with Gasteiger partial charge in [-0.1, -0.05) is 54.6 Å². The molecule has 0 radical (unpaired) electrons. The highest BCUT2D eigenvalue weighted by atomic mass is 16.3. The molecule has 1 saturated heterocycles. The van der Waals surface area contributed by atoms with E-state index in [1.165, 1.54) is 18.4 Å². The lowest BCUT2D eigenvalue weighted by Crippen LogP contribution is -2.37. The molecule has 2 aromatic carbocycles. The lowest BCUT2D eigenvalue weighted by Gasteiger charge is -2.26. The zero-order chi connectivity index (χ0) is 19.2. The van der Waals surface area contributed by atoms with Crippen molar-refractivity contribution in [2.24, 2.45) is 0 Å². The van der Waals surface area contributed by atoms with Crippen LogP contribution in [-0.4, -0.2) is 30.4 Å². The summed E-state index contributed by atoms with van der Waals surface area (Å²) in [5.74, 6) is 0.970. The van der Waals surface area contributed by atoms with Crippen molar-refractivity contribution in [1.29, 1.82) is 0 Å². The first-order valence-corrected chi connectivity index (χ1v) is 9.98. The molecule has 4 heteroatoms. The SMILES string of the molecule is O=C(Cc1ccc(-c2ccccc2)cc1)NC[C@H](c1ccco1)N1CCCC1. The number of nitrogens with one attached hydrogen (secondary N) is 1. The highest BCUT2D eigenvalue weighted by Crippen LogP contribution is 2.25. The van der Waals surface area contributed by atoms with E-state index in [1.807, 2.05) is 42.5 Å². The summed E-state index contributed by atoms with van der Waals surface area (Å²) in [4.78, 5) is 14.9. The third-order valence-corrected chi connectivity index (χ3v) is 5.37.